The summed E-state index contributed by atoms with van der Waals surface area (Å²) in [5.41, 5.74) is 2.17. The Balaban J connectivity index is 1.89. The van der Waals surface area contributed by atoms with Crippen molar-refractivity contribution in [2.45, 2.75) is 26.8 Å². The second-order valence-corrected chi connectivity index (χ2v) is 6.06. The van der Waals surface area contributed by atoms with Crippen LogP contribution in [0.1, 0.15) is 26.8 Å². The zero-order chi connectivity index (χ0) is 17.3. The molecule has 126 valence electrons. The molecule has 1 aromatic heterocycles. The van der Waals surface area contributed by atoms with Crippen LogP contribution < -0.4 is 15.4 Å². The van der Waals surface area contributed by atoms with Crippen LogP contribution in [0.15, 0.2) is 41.9 Å². The van der Waals surface area contributed by atoms with Gasteiger partial charge in [-0.25, -0.2) is 4.68 Å². The molecule has 0 unspecified atom stereocenters. The maximum absolute atomic E-state index is 12.9. The van der Waals surface area contributed by atoms with Gasteiger partial charge in [0.2, 0.25) is 5.95 Å². The van der Waals surface area contributed by atoms with Gasteiger partial charge < -0.3 is 15.4 Å². The van der Waals surface area contributed by atoms with Gasteiger partial charge in [0.05, 0.1) is 18.7 Å². The number of methoxy groups -OCH3 is 1. The number of hydrogen-bond donors (Lipinski definition) is 2. The summed E-state index contributed by atoms with van der Waals surface area (Å²) in [5, 5.41) is 10.4. The van der Waals surface area contributed by atoms with Crippen LogP contribution in [0.2, 0.25) is 0 Å². The molecule has 0 saturated heterocycles. The fourth-order valence-corrected chi connectivity index (χ4v) is 2.92. The van der Waals surface area contributed by atoms with Crippen LogP contribution in [-0.2, 0) is 4.79 Å². The Morgan fingerprint density at radius 2 is 2.04 bits per heavy atom. The Bertz CT molecular complexity index is 777. The number of allylic oxidation sites excluding steroid dienone is 1. The summed E-state index contributed by atoms with van der Waals surface area (Å²) in [6.45, 7) is 6.02. The van der Waals surface area contributed by atoms with E-state index in [2.05, 4.69) is 34.6 Å². The van der Waals surface area contributed by atoms with Gasteiger partial charge in [0, 0.05) is 11.4 Å². The van der Waals surface area contributed by atoms with Gasteiger partial charge in [-0.3, -0.25) is 4.79 Å². The van der Waals surface area contributed by atoms with Crippen molar-refractivity contribution in [3.05, 3.63) is 41.9 Å². The summed E-state index contributed by atoms with van der Waals surface area (Å²) < 4.78 is 6.90. The number of hydrogen-bond acceptors (Lipinski definition) is 5. The van der Waals surface area contributed by atoms with Gasteiger partial charge in [-0.05, 0) is 37.1 Å². The van der Waals surface area contributed by atoms with Crippen LogP contribution in [0, 0.1) is 5.92 Å². The molecular weight excluding hydrogens is 306 g/mol. The molecule has 0 bridgehead atoms. The van der Waals surface area contributed by atoms with E-state index in [0.29, 0.717) is 17.2 Å². The van der Waals surface area contributed by atoms with Crippen molar-refractivity contribution in [1.29, 1.82) is 0 Å². The van der Waals surface area contributed by atoms with E-state index in [1.807, 2.05) is 31.2 Å². The number of amides is 1. The number of fused-ring (bicyclic) bond motifs is 1. The lowest BCUT2D eigenvalue weighted by atomic mass is 9.92. The number of anilines is 2. The van der Waals surface area contributed by atoms with E-state index in [-0.39, 0.29) is 17.9 Å². The minimum atomic E-state index is -0.165. The Labute approximate surface area is 140 Å². The molecule has 0 spiro atoms. The Hall–Kier alpha value is -2.83. The summed E-state index contributed by atoms with van der Waals surface area (Å²) in [4.78, 5) is 17.1. The van der Waals surface area contributed by atoms with Gasteiger partial charge >= 0.3 is 0 Å². The Morgan fingerprint density at radius 1 is 1.33 bits per heavy atom. The molecule has 0 saturated carbocycles. The Kier molecular flexibility index (Phi) is 4.24. The van der Waals surface area contributed by atoms with Crippen LogP contribution in [0.25, 0.3) is 0 Å². The number of ether oxygens (including phenoxy) is 1. The SMILES string of the molecule is COc1ccc(NC(=O)C2=C(C)Nc3ncnn3[C@@H]2C(C)C)cc1. The molecule has 1 atom stereocenters. The van der Waals surface area contributed by atoms with Crippen LogP contribution in [0.4, 0.5) is 11.6 Å². The molecule has 1 amide bonds. The summed E-state index contributed by atoms with van der Waals surface area (Å²) in [6, 6.07) is 7.08. The molecule has 2 aromatic rings. The van der Waals surface area contributed by atoms with Crippen molar-refractivity contribution in [3.8, 4) is 5.75 Å². The zero-order valence-corrected chi connectivity index (χ0v) is 14.2. The van der Waals surface area contributed by atoms with E-state index >= 15 is 0 Å². The van der Waals surface area contributed by atoms with Crippen molar-refractivity contribution in [3.63, 3.8) is 0 Å². The summed E-state index contributed by atoms with van der Waals surface area (Å²) in [5.74, 6) is 1.45. The zero-order valence-electron chi connectivity index (χ0n) is 14.2. The molecule has 2 heterocycles. The lowest BCUT2D eigenvalue weighted by molar-refractivity contribution is -0.113. The lowest BCUT2D eigenvalue weighted by Crippen LogP contribution is -2.33. The quantitative estimate of drug-likeness (QED) is 0.902. The smallest absolute Gasteiger partial charge is 0.255 e. The predicted molar refractivity (Wildman–Crippen MR) is 91.8 cm³/mol. The van der Waals surface area contributed by atoms with Crippen LogP contribution >= 0.6 is 0 Å². The number of carbonyl (C=O) groups excluding carboxylic acids is 1. The largest absolute Gasteiger partial charge is 0.497 e. The molecule has 1 aromatic carbocycles. The molecular formula is C17H21N5O2. The fourth-order valence-electron chi connectivity index (χ4n) is 2.92. The highest BCUT2D eigenvalue weighted by atomic mass is 16.5. The molecule has 7 nitrogen and oxygen atoms in total. The number of aromatic nitrogens is 3. The number of carbonyl (C=O) groups is 1. The monoisotopic (exact) mass is 327 g/mol. The summed E-state index contributed by atoms with van der Waals surface area (Å²) >= 11 is 0. The number of nitrogens with zero attached hydrogens (tertiary/aromatic N) is 3. The summed E-state index contributed by atoms with van der Waals surface area (Å²) in [7, 11) is 1.61. The molecule has 24 heavy (non-hydrogen) atoms. The average Bonchev–Trinajstić information content (AvgIpc) is 3.01. The van der Waals surface area contributed by atoms with Crippen molar-refractivity contribution in [1.82, 2.24) is 14.8 Å². The fraction of sp³-hybridized carbons (Fsp3) is 0.353. The Morgan fingerprint density at radius 3 is 2.67 bits per heavy atom. The van der Waals surface area contributed by atoms with E-state index in [0.717, 1.165) is 11.4 Å². The highest BCUT2D eigenvalue weighted by molar-refractivity contribution is 6.05. The van der Waals surface area contributed by atoms with Gasteiger partial charge in [-0.2, -0.15) is 10.1 Å². The summed E-state index contributed by atoms with van der Waals surface area (Å²) in [6.07, 6.45) is 1.50. The molecule has 7 heteroatoms. The van der Waals surface area contributed by atoms with E-state index in [4.69, 9.17) is 4.74 Å². The first-order chi connectivity index (χ1) is 11.5. The van der Waals surface area contributed by atoms with Crippen molar-refractivity contribution >= 4 is 17.5 Å². The van der Waals surface area contributed by atoms with Gasteiger partial charge in [0.15, 0.2) is 0 Å². The maximum atomic E-state index is 12.9. The molecule has 3 rings (SSSR count). The van der Waals surface area contributed by atoms with E-state index < -0.39 is 0 Å². The minimum Gasteiger partial charge on any atom is -0.497 e. The third-order valence-electron chi connectivity index (χ3n) is 4.06. The molecule has 0 aliphatic carbocycles. The normalized spacial score (nSPS) is 16.6. The second kappa shape index (κ2) is 6.35. The van der Waals surface area contributed by atoms with Gasteiger partial charge in [0.25, 0.3) is 5.91 Å². The standard InChI is InChI=1S/C17H21N5O2/c1-10(2)15-14(11(3)20-17-18-9-19-22(15)17)16(23)21-12-5-7-13(24-4)8-6-12/h5-10,15H,1-4H3,(H,21,23)(H,18,19,20)/t15-/m1/s1. The highest BCUT2D eigenvalue weighted by Crippen LogP contribution is 2.35. The van der Waals surface area contributed by atoms with Crippen molar-refractivity contribution < 1.29 is 9.53 Å². The van der Waals surface area contributed by atoms with E-state index in [9.17, 15) is 4.79 Å². The van der Waals surface area contributed by atoms with Crippen LogP contribution in [0.5, 0.6) is 5.75 Å². The maximum Gasteiger partial charge on any atom is 0.255 e. The third kappa shape index (κ3) is 2.84. The van der Waals surface area contributed by atoms with Crippen molar-refractivity contribution in [2.24, 2.45) is 5.92 Å². The van der Waals surface area contributed by atoms with Gasteiger partial charge in [0.1, 0.15) is 12.1 Å². The van der Waals surface area contributed by atoms with Crippen molar-refractivity contribution in [2.75, 3.05) is 17.7 Å². The van der Waals surface area contributed by atoms with Gasteiger partial charge in [-0.15, -0.1) is 0 Å². The molecule has 2 N–H and O–H groups in total. The van der Waals surface area contributed by atoms with Crippen LogP contribution in [0.3, 0.4) is 0 Å². The predicted octanol–water partition coefficient (Wildman–Crippen LogP) is 2.82. The molecule has 0 fully saturated rings. The topological polar surface area (TPSA) is 81.1 Å². The molecule has 1 aliphatic rings. The highest BCUT2D eigenvalue weighted by Gasteiger charge is 2.34. The van der Waals surface area contributed by atoms with Gasteiger partial charge in [-0.1, -0.05) is 13.8 Å². The van der Waals surface area contributed by atoms with E-state index in [1.165, 1.54) is 6.33 Å². The van der Waals surface area contributed by atoms with Crippen LogP contribution in [-0.4, -0.2) is 27.8 Å². The molecule has 0 radical (unpaired) electrons. The third-order valence-corrected chi connectivity index (χ3v) is 4.06. The molecule has 1 aliphatic heterocycles. The number of benzene rings is 1. The second-order valence-electron chi connectivity index (χ2n) is 6.06. The average molecular weight is 327 g/mol. The first-order valence-corrected chi connectivity index (χ1v) is 7.84. The van der Waals surface area contributed by atoms with E-state index in [1.54, 1.807) is 11.8 Å². The number of rotatable bonds is 4. The first-order valence-electron chi connectivity index (χ1n) is 7.84. The first kappa shape index (κ1) is 16.0. The minimum absolute atomic E-state index is 0.148. The number of nitrogens with one attached hydrogen (secondary N) is 2. The lowest BCUT2D eigenvalue weighted by Gasteiger charge is -2.30.